The molecule has 1 fully saturated rings. The Balaban J connectivity index is 2.00. The Kier molecular flexibility index (Phi) is 3.59. The number of rotatable bonds is 3. The summed E-state index contributed by atoms with van der Waals surface area (Å²) < 4.78 is 15.6. The minimum atomic E-state index is -1.17. The lowest BCUT2D eigenvalue weighted by Gasteiger charge is -2.17. The number of hydrogen-bond acceptors (Lipinski definition) is 2. The van der Waals surface area contributed by atoms with Gasteiger partial charge < -0.3 is 4.55 Å². The summed E-state index contributed by atoms with van der Waals surface area (Å²) in [7, 11) is 0. The molecule has 1 saturated carbocycles. The molecule has 92 valence electrons. The summed E-state index contributed by atoms with van der Waals surface area (Å²) in [5.41, 5.74) is 2.44. The number of nitrogens with zero attached hydrogens (tertiary/aromatic N) is 1. The highest BCUT2D eigenvalue weighted by Crippen LogP contribution is 2.39. The lowest BCUT2D eigenvalue weighted by Crippen LogP contribution is -2.25. The van der Waals surface area contributed by atoms with Gasteiger partial charge in [0.15, 0.2) is 0 Å². The molecule has 2 nitrogen and oxygen atoms in total. The van der Waals surface area contributed by atoms with E-state index in [9.17, 15) is 4.55 Å². The van der Waals surface area contributed by atoms with Gasteiger partial charge in [0.25, 0.3) is 0 Å². The molecule has 0 saturated heterocycles. The Morgan fingerprint density at radius 3 is 2.29 bits per heavy atom. The average Bonchev–Trinajstić information content (AvgIpc) is 3.09. The van der Waals surface area contributed by atoms with Crippen LogP contribution in [0.3, 0.4) is 0 Å². The zero-order valence-corrected chi connectivity index (χ0v) is 11.5. The Bertz CT molecular complexity index is 401. The quantitative estimate of drug-likeness (QED) is 0.597. The molecular weight excluding hydrogens is 230 g/mol. The summed E-state index contributed by atoms with van der Waals surface area (Å²) in [6, 6.07) is 8.41. The highest BCUT2D eigenvalue weighted by molar-refractivity contribution is 7.91. The maximum absolute atomic E-state index is 11.7. The van der Waals surface area contributed by atoms with Gasteiger partial charge in [-0.15, -0.1) is 0 Å². The van der Waals surface area contributed by atoms with Gasteiger partial charge in [0.1, 0.15) is 16.1 Å². The van der Waals surface area contributed by atoms with Crippen LogP contribution in [0.1, 0.15) is 50.7 Å². The minimum Gasteiger partial charge on any atom is -0.591 e. The lowest BCUT2D eigenvalue weighted by atomic mass is 10.1. The van der Waals surface area contributed by atoms with Gasteiger partial charge in [-0.25, -0.2) is 0 Å². The fourth-order valence-electron chi connectivity index (χ4n) is 1.54. The lowest BCUT2D eigenvalue weighted by molar-refractivity contribution is 0.562. The zero-order valence-electron chi connectivity index (χ0n) is 10.6. The second-order valence-electron chi connectivity index (χ2n) is 5.54. The van der Waals surface area contributed by atoms with E-state index >= 15 is 0 Å². The SMILES string of the molecule is CC(C)(C)[S+]([O-])N=Cc1ccc(C2CC2)cc1. The van der Waals surface area contributed by atoms with E-state index in [4.69, 9.17) is 0 Å². The molecule has 0 bridgehead atoms. The van der Waals surface area contributed by atoms with Crippen LogP contribution < -0.4 is 0 Å². The molecule has 1 aromatic rings. The molecular formula is C14H19NOS. The standard InChI is InChI=1S/C14H19NOS/c1-14(2,3)17(16)15-10-11-4-6-12(7-5-11)13-8-9-13/h4-7,10,13H,8-9H2,1-3H3. The first-order chi connectivity index (χ1) is 7.97. The van der Waals surface area contributed by atoms with Crippen molar-refractivity contribution in [2.75, 3.05) is 0 Å². The van der Waals surface area contributed by atoms with E-state index in [2.05, 4.69) is 28.7 Å². The fraction of sp³-hybridized carbons (Fsp3) is 0.500. The molecule has 0 radical (unpaired) electrons. The molecule has 1 unspecified atom stereocenters. The third-order valence-electron chi connectivity index (χ3n) is 2.81. The summed E-state index contributed by atoms with van der Waals surface area (Å²) in [6.45, 7) is 5.78. The summed E-state index contributed by atoms with van der Waals surface area (Å²) in [5.74, 6) is 0.782. The van der Waals surface area contributed by atoms with Crippen molar-refractivity contribution in [3.8, 4) is 0 Å². The third-order valence-corrected chi connectivity index (χ3v) is 4.15. The van der Waals surface area contributed by atoms with Gasteiger partial charge in [0, 0.05) is 0 Å². The molecule has 3 heteroatoms. The van der Waals surface area contributed by atoms with Gasteiger partial charge in [0.2, 0.25) is 0 Å². The van der Waals surface area contributed by atoms with E-state index in [1.165, 1.54) is 18.4 Å². The second kappa shape index (κ2) is 4.83. The van der Waals surface area contributed by atoms with E-state index < -0.39 is 11.4 Å². The number of benzene rings is 1. The van der Waals surface area contributed by atoms with Crippen LogP contribution in [0.15, 0.2) is 28.7 Å². The minimum absolute atomic E-state index is 0.287. The maximum Gasteiger partial charge on any atom is 0.144 e. The fourth-order valence-corrected chi connectivity index (χ4v) is 2.07. The van der Waals surface area contributed by atoms with Gasteiger partial charge in [-0.2, -0.15) is 0 Å². The molecule has 0 aromatic heterocycles. The van der Waals surface area contributed by atoms with Crippen LogP contribution in [-0.2, 0) is 11.4 Å². The Morgan fingerprint density at radius 1 is 1.24 bits per heavy atom. The topological polar surface area (TPSA) is 35.4 Å². The van der Waals surface area contributed by atoms with Crippen molar-refractivity contribution < 1.29 is 4.55 Å². The predicted molar refractivity (Wildman–Crippen MR) is 73.9 cm³/mol. The van der Waals surface area contributed by atoms with Crippen molar-refractivity contribution in [3.63, 3.8) is 0 Å². The third kappa shape index (κ3) is 3.58. The van der Waals surface area contributed by atoms with Crippen molar-refractivity contribution in [2.45, 2.75) is 44.3 Å². The second-order valence-corrected chi connectivity index (χ2v) is 7.47. The number of hydrogen-bond donors (Lipinski definition) is 0. The van der Waals surface area contributed by atoms with Crippen LogP contribution in [0.4, 0.5) is 0 Å². The van der Waals surface area contributed by atoms with E-state index in [-0.39, 0.29) is 4.75 Å². The van der Waals surface area contributed by atoms with Crippen molar-refractivity contribution in [1.82, 2.24) is 0 Å². The molecule has 2 rings (SSSR count). The normalized spacial score (nSPS) is 18.6. The highest BCUT2D eigenvalue weighted by Gasteiger charge is 2.26. The van der Waals surface area contributed by atoms with Crippen LogP contribution in [0.25, 0.3) is 0 Å². The summed E-state index contributed by atoms with van der Waals surface area (Å²) in [4.78, 5) is 0. The van der Waals surface area contributed by atoms with E-state index in [0.717, 1.165) is 11.5 Å². The van der Waals surface area contributed by atoms with Crippen LogP contribution in [0.5, 0.6) is 0 Å². The van der Waals surface area contributed by atoms with Gasteiger partial charge in [-0.05, 0) is 50.7 Å². The zero-order chi connectivity index (χ0) is 12.5. The largest absolute Gasteiger partial charge is 0.591 e. The molecule has 1 aliphatic carbocycles. The summed E-state index contributed by atoms with van der Waals surface area (Å²) >= 11 is -1.17. The average molecular weight is 249 g/mol. The molecule has 1 atom stereocenters. The summed E-state index contributed by atoms with van der Waals surface area (Å²) in [5, 5.41) is 0. The van der Waals surface area contributed by atoms with Crippen molar-refractivity contribution in [2.24, 2.45) is 4.40 Å². The van der Waals surface area contributed by atoms with E-state index in [1.807, 2.05) is 20.8 Å². The summed E-state index contributed by atoms with van der Waals surface area (Å²) in [6.07, 6.45) is 4.35. The first-order valence-corrected chi connectivity index (χ1v) is 7.13. The van der Waals surface area contributed by atoms with Crippen molar-refractivity contribution in [1.29, 1.82) is 0 Å². The molecule has 0 N–H and O–H groups in total. The molecule has 17 heavy (non-hydrogen) atoms. The first kappa shape index (κ1) is 12.7. The van der Waals surface area contributed by atoms with Crippen molar-refractivity contribution in [3.05, 3.63) is 35.4 Å². The van der Waals surface area contributed by atoms with Crippen molar-refractivity contribution >= 4 is 17.6 Å². The molecule has 0 heterocycles. The Morgan fingerprint density at radius 2 is 1.82 bits per heavy atom. The molecule has 0 spiro atoms. The van der Waals surface area contributed by atoms with Crippen LogP contribution in [0, 0.1) is 0 Å². The first-order valence-electron chi connectivity index (χ1n) is 6.03. The van der Waals surface area contributed by atoms with Gasteiger partial charge >= 0.3 is 0 Å². The van der Waals surface area contributed by atoms with Gasteiger partial charge in [-0.1, -0.05) is 28.7 Å². The highest BCUT2D eigenvalue weighted by atomic mass is 32.2. The van der Waals surface area contributed by atoms with E-state index in [1.54, 1.807) is 6.21 Å². The van der Waals surface area contributed by atoms with Crippen LogP contribution >= 0.6 is 0 Å². The monoisotopic (exact) mass is 249 g/mol. The Hall–Kier alpha value is -0.800. The molecule has 1 aromatic carbocycles. The molecule has 0 amide bonds. The predicted octanol–water partition coefficient (Wildman–Crippen LogP) is 3.45. The van der Waals surface area contributed by atoms with Gasteiger partial charge in [0.05, 0.1) is 6.21 Å². The van der Waals surface area contributed by atoms with E-state index in [0.29, 0.717) is 0 Å². The molecule has 1 aliphatic rings. The Labute approximate surface area is 106 Å². The van der Waals surface area contributed by atoms with Crippen LogP contribution in [0.2, 0.25) is 0 Å². The smallest absolute Gasteiger partial charge is 0.144 e. The van der Waals surface area contributed by atoms with Gasteiger partial charge in [-0.3, -0.25) is 0 Å². The molecule has 0 aliphatic heterocycles. The maximum atomic E-state index is 11.7. The van der Waals surface area contributed by atoms with Crippen LogP contribution in [-0.4, -0.2) is 15.5 Å².